The van der Waals surface area contributed by atoms with E-state index in [4.69, 9.17) is 14.6 Å². The van der Waals surface area contributed by atoms with Gasteiger partial charge >= 0.3 is 0 Å². The molecule has 0 aromatic carbocycles. The molecular formula is C12H18O3. The lowest BCUT2D eigenvalue weighted by Gasteiger charge is -2.36. The van der Waals surface area contributed by atoms with Crippen LogP contribution in [0.5, 0.6) is 0 Å². The van der Waals surface area contributed by atoms with E-state index in [0.717, 1.165) is 5.57 Å². The summed E-state index contributed by atoms with van der Waals surface area (Å²) in [6, 6.07) is 0. The molecule has 0 amide bonds. The molecule has 0 fully saturated rings. The normalized spacial score (nSPS) is 30.1. The molecule has 0 saturated carbocycles. The number of aliphatic hydroxyl groups excluding tert-OH is 1. The average molecular weight is 210 g/mol. The fourth-order valence-electron chi connectivity index (χ4n) is 1.78. The summed E-state index contributed by atoms with van der Waals surface area (Å²) in [5.41, 5.74) is 0.355. The first kappa shape index (κ1) is 12.2. The third kappa shape index (κ3) is 2.37. The Morgan fingerprint density at radius 1 is 1.60 bits per heavy atom. The second-order valence-electron chi connectivity index (χ2n) is 3.54. The van der Waals surface area contributed by atoms with Crippen LogP contribution in [0.15, 0.2) is 36.5 Å². The molecule has 0 radical (unpaired) electrons. The van der Waals surface area contributed by atoms with Gasteiger partial charge in [-0.2, -0.15) is 0 Å². The van der Waals surface area contributed by atoms with E-state index in [1.165, 1.54) is 0 Å². The second kappa shape index (κ2) is 5.26. The van der Waals surface area contributed by atoms with Gasteiger partial charge in [-0.1, -0.05) is 12.2 Å². The number of aliphatic hydroxyl groups is 1. The summed E-state index contributed by atoms with van der Waals surface area (Å²) in [5, 5.41) is 9.04. The summed E-state index contributed by atoms with van der Waals surface area (Å²) in [6.07, 6.45) is 7.96. The predicted molar refractivity (Wildman–Crippen MR) is 59.7 cm³/mol. The quantitative estimate of drug-likeness (QED) is 0.698. The molecule has 0 aliphatic heterocycles. The maximum atomic E-state index is 9.04. The third-order valence-electron chi connectivity index (χ3n) is 2.71. The van der Waals surface area contributed by atoms with Crippen LogP contribution in [-0.4, -0.2) is 37.6 Å². The fourth-order valence-corrected chi connectivity index (χ4v) is 1.78. The summed E-state index contributed by atoms with van der Waals surface area (Å²) in [7, 11) is 3.28. The Balaban J connectivity index is 2.95. The van der Waals surface area contributed by atoms with Crippen LogP contribution in [0, 0.1) is 0 Å². The minimum absolute atomic E-state index is 0.0181. The standard InChI is InChI=1S/C12H18O3/c1-4-6-12(15-3)7-5-10(9-13)8-11(12)14-2/h4-5,7-8,11,13H,1,6,9H2,2-3H3. The lowest BCUT2D eigenvalue weighted by atomic mass is 9.86. The Bertz CT molecular complexity index is 281. The maximum absolute atomic E-state index is 9.04. The first-order valence-corrected chi connectivity index (χ1v) is 4.92. The molecule has 3 heteroatoms. The zero-order chi connectivity index (χ0) is 11.3. The maximum Gasteiger partial charge on any atom is 0.119 e. The molecular weight excluding hydrogens is 192 g/mol. The molecule has 2 unspecified atom stereocenters. The van der Waals surface area contributed by atoms with E-state index < -0.39 is 5.60 Å². The van der Waals surface area contributed by atoms with Crippen LogP contribution in [0.2, 0.25) is 0 Å². The summed E-state index contributed by atoms with van der Waals surface area (Å²) in [6.45, 7) is 3.73. The van der Waals surface area contributed by atoms with E-state index in [9.17, 15) is 0 Å². The molecule has 1 aliphatic rings. The van der Waals surface area contributed by atoms with Crippen molar-refractivity contribution in [2.45, 2.75) is 18.1 Å². The Morgan fingerprint density at radius 3 is 2.80 bits per heavy atom. The first-order chi connectivity index (χ1) is 7.22. The number of methoxy groups -OCH3 is 2. The molecule has 0 aromatic heterocycles. The summed E-state index contributed by atoms with van der Waals surface area (Å²) < 4.78 is 10.9. The Labute approximate surface area is 90.7 Å². The first-order valence-electron chi connectivity index (χ1n) is 4.92. The van der Waals surface area contributed by atoms with Crippen LogP contribution in [-0.2, 0) is 9.47 Å². The van der Waals surface area contributed by atoms with Crippen molar-refractivity contribution >= 4 is 0 Å². The van der Waals surface area contributed by atoms with Crippen molar-refractivity contribution in [1.82, 2.24) is 0 Å². The van der Waals surface area contributed by atoms with E-state index in [1.807, 2.05) is 18.2 Å². The summed E-state index contributed by atoms with van der Waals surface area (Å²) >= 11 is 0. The minimum Gasteiger partial charge on any atom is -0.392 e. The van der Waals surface area contributed by atoms with Crippen molar-refractivity contribution in [3.63, 3.8) is 0 Å². The molecule has 0 aromatic rings. The highest BCUT2D eigenvalue weighted by atomic mass is 16.5. The van der Waals surface area contributed by atoms with Crippen molar-refractivity contribution < 1.29 is 14.6 Å². The van der Waals surface area contributed by atoms with E-state index >= 15 is 0 Å². The monoisotopic (exact) mass is 210 g/mol. The van der Waals surface area contributed by atoms with Gasteiger partial charge in [0, 0.05) is 20.6 Å². The molecule has 0 bridgehead atoms. The molecule has 1 aliphatic carbocycles. The smallest absolute Gasteiger partial charge is 0.119 e. The molecule has 84 valence electrons. The van der Waals surface area contributed by atoms with Gasteiger partial charge in [0.1, 0.15) is 11.7 Å². The zero-order valence-corrected chi connectivity index (χ0v) is 9.27. The second-order valence-corrected chi connectivity index (χ2v) is 3.54. The van der Waals surface area contributed by atoms with Gasteiger partial charge in [-0.05, 0) is 17.7 Å². The number of rotatable bonds is 5. The highest BCUT2D eigenvalue weighted by Gasteiger charge is 2.36. The predicted octanol–water partition coefficient (Wildman–Crippen LogP) is 1.45. The number of hydrogen-bond acceptors (Lipinski definition) is 3. The minimum atomic E-state index is -0.491. The van der Waals surface area contributed by atoms with Gasteiger partial charge in [-0.15, -0.1) is 6.58 Å². The molecule has 0 heterocycles. The lowest BCUT2D eigenvalue weighted by Crippen LogP contribution is -2.43. The van der Waals surface area contributed by atoms with Gasteiger partial charge in [0.15, 0.2) is 0 Å². The van der Waals surface area contributed by atoms with Crippen LogP contribution >= 0.6 is 0 Å². The largest absolute Gasteiger partial charge is 0.392 e. The Morgan fingerprint density at radius 2 is 2.33 bits per heavy atom. The van der Waals surface area contributed by atoms with Gasteiger partial charge in [0.2, 0.25) is 0 Å². The highest BCUT2D eigenvalue weighted by Crippen LogP contribution is 2.30. The number of hydrogen-bond donors (Lipinski definition) is 1. The molecule has 2 atom stereocenters. The topological polar surface area (TPSA) is 38.7 Å². The van der Waals surface area contributed by atoms with Crippen molar-refractivity contribution in [1.29, 1.82) is 0 Å². The van der Waals surface area contributed by atoms with Crippen LogP contribution < -0.4 is 0 Å². The van der Waals surface area contributed by atoms with E-state index in [1.54, 1.807) is 20.3 Å². The molecule has 0 saturated heterocycles. The molecule has 1 rings (SSSR count). The van der Waals surface area contributed by atoms with Gasteiger partial charge in [-0.25, -0.2) is 0 Å². The van der Waals surface area contributed by atoms with Gasteiger partial charge in [0.05, 0.1) is 6.61 Å². The van der Waals surface area contributed by atoms with Crippen LogP contribution in [0.3, 0.4) is 0 Å². The Kier molecular flexibility index (Phi) is 4.27. The molecule has 1 N–H and O–H groups in total. The summed E-state index contributed by atoms with van der Waals surface area (Å²) in [5.74, 6) is 0. The number of ether oxygens (including phenoxy) is 2. The van der Waals surface area contributed by atoms with Crippen molar-refractivity contribution in [3.05, 3.63) is 36.5 Å². The van der Waals surface area contributed by atoms with E-state index in [0.29, 0.717) is 6.42 Å². The van der Waals surface area contributed by atoms with Gasteiger partial charge < -0.3 is 14.6 Å². The molecule has 3 nitrogen and oxygen atoms in total. The SMILES string of the molecule is C=CCC1(OC)C=CC(CO)=CC1OC. The van der Waals surface area contributed by atoms with E-state index in [2.05, 4.69) is 6.58 Å². The van der Waals surface area contributed by atoms with Crippen molar-refractivity contribution in [2.24, 2.45) is 0 Å². The van der Waals surface area contributed by atoms with E-state index in [-0.39, 0.29) is 12.7 Å². The highest BCUT2D eigenvalue weighted by molar-refractivity contribution is 5.32. The molecule has 15 heavy (non-hydrogen) atoms. The van der Waals surface area contributed by atoms with Gasteiger partial charge in [0.25, 0.3) is 0 Å². The third-order valence-corrected chi connectivity index (χ3v) is 2.71. The fraction of sp³-hybridized carbons (Fsp3) is 0.500. The van der Waals surface area contributed by atoms with Gasteiger partial charge in [-0.3, -0.25) is 0 Å². The van der Waals surface area contributed by atoms with Crippen LogP contribution in [0.25, 0.3) is 0 Å². The van der Waals surface area contributed by atoms with Crippen LogP contribution in [0.4, 0.5) is 0 Å². The average Bonchev–Trinajstić information content (AvgIpc) is 2.29. The zero-order valence-electron chi connectivity index (χ0n) is 9.27. The van der Waals surface area contributed by atoms with Crippen LogP contribution in [0.1, 0.15) is 6.42 Å². The van der Waals surface area contributed by atoms with Crippen molar-refractivity contribution in [2.75, 3.05) is 20.8 Å². The van der Waals surface area contributed by atoms with Crippen molar-refractivity contribution in [3.8, 4) is 0 Å². The lowest BCUT2D eigenvalue weighted by molar-refractivity contribution is -0.0649. The Hall–Kier alpha value is -0.900. The summed E-state index contributed by atoms with van der Waals surface area (Å²) in [4.78, 5) is 0. The molecule has 0 spiro atoms.